The Hall–Kier alpha value is -1.20. The van der Waals surface area contributed by atoms with Crippen molar-refractivity contribution in [2.45, 2.75) is 13.5 Å². The number of thiazole rings is 1. The summed E-state index contributed by atoms with van der Waals surface area (Å²) in [5.41, 5.74) is 3.27. The molecule has 0 radical (unpaired) electrons. The second kappa shape index (κ2) is 6.40. The molecule has 5 heteroatoms. The normalized spacial score (nSPS) is 10.4. The van der Waals surface area contributed by atoms with Crippen LogP contribution in [-0.2, 0) is 16.1 Å². The van der Waals surface area contributed by atoms with E-state index in [-0.39, 0.29) is 5.97 Å². The topological polar surface area (TPSA) is 42.4 Å². The van der Waals surface area contributed by atoms with Gasteiger partial charge in [0.15, 0.2) is 0 Å². The van der Waals surface area contributed by atoms with Gasteiger partial charge in [-0.2, -0.15) is 0 Å². The van der Waals surface area contributed by atoms with Crippen LogP contribution in [-0.4, -0.2) is 36.1 Å². The van der Waals surface area contributed by atoms with Crippen LogP contribution in [0, 0.1) is 0 Å². The van der Waals surface area contributed by atoms with Gasteiger partial charge >= 0.3 is 5.97 Å². The van der Waals surface area contributed by atoms with Crippen LogP contribution in [0.2, 0.25) is 0 Å². The summed E-state index contributed by atoms with van der Waals surface area (Å²) in [6.07, 6.45) is 0. The molecule has 16 heavy (non-hydrogen) atoms. The molecular formula is C11H16N2O2S. The predicted octanol–water partition coefficient (Wildman–Crippen LogP) is 1.69. The minimum Gasteiger partial charge on any atom is -0.463 e. The number of nitrogens with zero attached hydrogens (tertiary/aromatic N) is 2. The Kier molecular flexibility index (Phi) is 5.14. The van der Waals surface area contributed by atoms with Gasteiger partial charge in [0.1, 0.15) is 0 Å². The van der Waals surface area contributed by atoms with E-state index in [0.29, 0.717) is 25.3 Å². The van der Waals surface area contributed by atoms with Crippen molar-refractivity contribution in [2.24, 2.45) is 0 Å². The number of esters is 1. The lowest BCUT2D eigenvalue weighted by Crippen LogP contribution is -2.24. The fourth-order valence-electron chi connectivity index (χ4n) is 1.27. The molecule has 0 N–H and O–H groups in total. The monoisotopic (exact) mass is 240 g/mol. The number of rotatable bonds is 6. The maximum Gasteiger partial charge on any atom is 0.334 e. The molecule has 0 saturated heterocycles. The predicted molar refractivity (Wildman–Crippen MR) is 64.2 cm³/mol. The molecule has 0 bridgehead atoms. The average molecular weight is 240 g/mol. The maximum atomic E-state index is 11.3. The Morgan fingerprint density at radius 3 is 3.00 bits per heavy atom. The molecule has 0 aliphatic rings. The molecule has 0 aliphatic carbocycles. The summed E-state index contributed by atoms with van der Waals surface area (Å²) in [6, 6.07) is 0. The SMILES string of the molecule is C=C(CN(C)Cc1cscn1)C(=O)OCC. The number of ether oxygens (including phenoxy) is 1. The molecule has 1 aromatic heterocycles. The zero-order valence-electron chi connectivity index (χ0n) is 9.60. The Labute approximate surface area is 99.6 Å². The first-order chi connectivity index (χ1) is 7.63. The number of carbonyl (C=O) groups is 1. The molecule has 0 spiro atoms. The van der Waals surface area contributed by atoms with Gasteiger partial charge in [0.05, 0.1) is 17.8 Å². The largest absolute Gasteiger partial charge is 0.463 e. The summed E-state index contributed by atoms with van der Waals surface area (Å²) in [4.78, 5) is 17.5. The van der Waals surface area contributed by atoms with Crippen molar-refractivity contribution in [3.8, 4) is 0 Å². The van der Waals surface area contributed by atoms with E-state index in [1.54, 1.807) is 23.8 Å². The lowest BCUT2D eigenvalue weighted by Gasteiger charge is -2.15. The van der Waals surface area contributed by atoms with Crippen molar-refractivity contribution < 1.29 is 9.53 Å². The van der Waals surface area contributed by atoms with Crippen LogP contribution in [0.15, 0.2) is 23.0 Å². The second-order valence-electron chi connectivity index (χ2n) is 3.48. The second-order valence-corrected chi connectivity index (χ2v) is 4.19. The van der Waals surface area contributed by atoms with Crippen molar-refractivity contribution in [1.82, 2.24) is 9.88 Å². The molecule has 4 nitrogen and oxygen atoms in total. The van der Waals surface area contributed by atoms with E-state index >= 15 is 0 Å². The van der Waals surface area contributed by atoms with Gasteiger partial charge in [0.25, 0.3) is 0 Å². The third-order valence-corrected chi connectivity index (χ3v) is 2.58. The van der Waals surface area contributed by atoms with E-state index in [4.69, 9.17) is 4.74 Å². The molecule has 0 aromatic carbocycles. The summed E-state index contributed by atoms with van der Waals surface area (Å²) in [7, 11) is 1.92. The van der Waals surface area contributed by atoms with Crippen LogP contribution in [0.25, 0.3) is 0 Å². The van der Waals surface area contributed by atoms with Crippen molar-refractivity contribution in [1.29, 1.82) is 0 Å². The molecule has 0 atom stereocenters. The minimum absolute atomic E-state index is 0.326. The summed E-state index contributed by atoms with van der Waals surface area (Å²) in [5, 5.41) is 1.99. The smallest absolute Gasteiger partial charge is 0.334 e. The first kappa shape index (κ1) is 12.9. The highest BCUT2D eigenvalue weighted by Gasteiger charge is 2.11. The van der Waals surface area contributed by atoms with Crippen molar-refractivity contribution >= 4 is 17.3 Å². The van der Waals surface area contributed by atoms with Crippen LogP contribution in [0.5, 0.6) is 0 Å². The molecule has 1 heterocycles. The van der Waals surface area contributed by atoms with E-state index in [0.717, 1.165) is 5.69 Å². The van der Waals surface area contributed by atoms with Crippen LogP contribution in [0.1, 0.15) is 12.6 Å². The molecule has 0 unspecified atom stereocenters. The van der Waals surface area contributed by atoms with Crippen LogP contribution in [0.4, 0.5) is 0 Å². The van der Waals surface area contributed by atoms with Crippen LogP contribution >= 0.6 is 11.3 Å². The quantitative estimate of drug-likeness (QED) is 0.560. The Morgan fingerprint density at radius 2 is 2.44 bits per heavy atom. The molecule has 0 aliphatic heterocycles. The molecular weight excluding hydrogens is 224 g/mol. The molecule has 0 fully saturated rings. The van der Waals surface area contributed by atoms with Gasteiger partial charge in [-0.05, 0) is 14.0 Å². The third kappa shape index (κ3) is 4.12. The van der Waals surface area contributed by atoms with Gasteiger partial charge < -0.3 is 4.74 Å². The zero-order valence-corrected chi connectivity index (χ0v) is 10.4. The zero-order chi connectivity index (χ0) is 12.0. The summed E-state index contributed by atoms with van der Waals surface area (Å²) >= 11 is 1.56. The van der Waals surface area contributed by atoms with Crippen LogP contribution in [0.3, 0.4) is 0 Å². The Balaban J connectivity index is 2.36. The Bertz CT molecular complexity index is 349. The lowest BCUT2D eigenvalue weighted by atomic mass is 10.3. The highest BCUT2D eigenvalue weighted by molar-refractivity contribution is 7.07. The van der Waals surface area contributed by atoms with Gasteiger partial charge in [0, 0.05) is 24.0 Å². The maximum absolute atomic E-state index is 11.3. The highest BCUT2D eigenvalue weighted by atomic mass is 32.1. The number of hydrogen-bond donors (Lipinski definition) is 0. The van der Waals surface area contributed by atoms with Gasteiger partial charge in [-0.3, -0.25) is 4.90 Å². The van der Waals surface area contributed by atoms with E-state index in [1.807, 2.05) is 17.3 Å². The van der Waals surface area contributed by atoms with Crippen molar-refractivity contribution in [2.75, 3.05) is 20.2 Å². The van der Waals surface area contributed by atoms with E-state index in [1.165, 1.54) is 0 Å². The molecule has 88 valence electrons. The molecule has 1 aromatic rings. The average Bonchev–Trinajstić information content (AvgIpc) is 2.70. The minimum atomic E-state index is -0.326. The molecule has 0 saturated carbocycles. The van der Waals surface area contributed by atoms with E-state index in [2.05, 4.69) is 11.6 Å². The van der Waals surface area contributed by atoms with Crippen molar-refractivity contribution in [3.63, 3.8) is 0 Å². The first-order valence-corrected chi connectivity index (χ1v) is 5.98. The number of aromatic nitrogens is 1. The van der Waals surface area contributed by atoms with Crippen LogP contribution < -0.4 is 0 Å². The summed E-state index contributed by atoms with van der Waals surface area (Å²) < 4.78 is 4.86. The number of carbonyl (C=O) groups excluding carboxylic acids is 1. The lowest BCUT2D eigenvalue weighted by molar-refractivity contribution is -0.138. The van der Waals surface area contributed by atoms with Gasteiger partial charge in [-0.1, -0.05) is 6.58 Å². The summed E-state index contributed by atoms with van der Waals surface area (Å²) in [5.74, 6) is -0.326. The number of hydrogen-bond acceptors (Lipinski definition) is 5. The molecule has 1 rings (SSSR count). The van der Waals surface area contributed by atoms with E-state index in [9.17, 15) is 4.79 Å². The third-order valence-electron chi connectivity index (χ3n) is 1.94. The highest BCUT2D eigenvalue weighted by Crippen LogP contribution is 2.06. The standard InChI is InChI=1S/C11H16N2O2S/c1-4-15-11(14)9(2)5-13(3)6-10-7-16-8-12-10/h7-8H,2,4-6H2,1,3H3. The number of likely N-dealkylation sites (N-methyl/N-ethyl adjacent to an activating group) is 1. The van der Waals surface area contributed by atoms with Gasteiger partial charge in [-0.15, -0.1) is 11.3 Å². The molecule has 0 amide bonds. The van der Waals surface area contributed by atoms with Gasteiger partial charge in [-0.25, -0.2) is 9.78 Å². The fourth-order valence-corrected chi connectivity index (χ4v) is 1.82. The summed E-state index contributed by atoms with van der Waals surface area (Å²) in [6.45, 7) is 7.08. The fraction of sp³-hybridized carbons (Fsp3) is 0.455. The van der Waals surface area contributed by atoms with Crippen molar-refractivity contribution in [3.05, 3.63) is 28.7 Å². The Morgan fingerprint density at radius 1 is 1.69 bits per heavy atom. The van der Waals surface area contributed by atoms with Gasteiger partial charge in [0.2, 0.25) is 0 Å². The van der Waals surface area contributed by atoms with E-state index < -0.39 is 0 Å². The first-order valence-electron chi connectivity index (χ1n) is 5.04.